The van der Waals surface area contributed by atoms with Crippen molar-refractivity contribution in [1.29, 1.82) is 0 Å². The van der Waals surface area contributed by atoms with Crippen LogP contribution in [0, 0.1) is 0 Å². The third-order valence-corrected chi connectivity index (χ3v) is 3.96. The van der Waals surface area contributed by atoms with Crippen LogP contribution in [-0.2, 0) is 6.18 Å². The van der Waals surface area contributed by atoms with Crippen LogP contribution in [0.5, 0.6) is 5.75 Å². The van der Waals surface area contributed by atoms with Gasteiger partial charge in [0.25, 0.3) is 0 Å². The van der Waals surface area contributed by atoms with Gasteiger partial charge in [-0.25, -0.2) is 0 Å². The summed E-state index contributed by atoms with van der Waals surface area (Å²) in [5, 5.41) is -0.220. The van der Waals surface area contributed by atoms with Crippen LogP contribution in [0.3, 0.4) is 0 Å². The molecule has 2 aromatic carbocycles. The van der Waals surface area contributed by atoms with Gasteiger partial charge < -0.3 is 4.74 Å². The Morgan fingerprint density at radius 2 is 1.52 bits per heavy atom. The third-order valence-electron chi connectivity index (χ3n) is 2.84. The van der Waals surface area contributed by atoms with Crippen molar-refractivity contribution in [2.45, 2.75) is 12.8 Å². The minimum Gasteiger partial charge on any atom is -0.434 e. The van der Waals surface area contributed by atoms with Crippen molar-refractivity contribution in [1.82, 2.24) is 0 Å². The lowest BCUT2D eigenvalue weighted by atomic mass is 10.0. The number of alkyl halides is 5. The first kappa shape index (κ1) is 18.1. The SMILES string of the molecule is FC(F)Oc1ccc(C(F)(F)F)cc1-c1c(Cl)ccc(Cl)c1Cl. The molecule has 0 aliphatic heterocycles. The molecule has 2 rings (SSSR count). The number of hydrogen-bond acceptors (Lipinski definition) is 1. The molecule has 0 atom stereocenters. The number of ether oxygens (including phenoxy) is 1. The summed E-state index contributed by atoms with van der Waals surface area (Å²) in [6.45, 7) is -3.23. The molecule has 0 saturated heterocycles. The highest BCUT2D eigenvalue weighted by atomic mass is 35.5. The normalized spacial score (nSPS) is 11.9. The summed E-state index contributed by atoms with van der Waals surface area (Å²) in [5.41, 5.74) is -1.53. The van der Waals surface area contributed by atoms with Crippen LogP contribution in [0.4, 0.5) is 22.0 Å². The summed E-state index contributed by atoms with van der Waals surface area (Å²) in [4.78, 5) is 0. The molecule has 0 heterocycles. The van der Waals surface area contributed by atoms with Gasteiger partial charge in [-0.2, -0.15) is 22.0 Å². The zero-order valence-corrected chi connectivity index (χ0v) is 13.2. The van der Waals surface area contributed by atoms with E-state index in [4.69, 9.17) is 34.8 Å². The van der Waals surface area contributed by atoms with Crippen LogP contribution < -0.4 is 4.74 Å². The first-order valence-corrected chi connectivity index (χ1v) is 7.04. The molecule has 0 unspecified atom stereocenters. The molecule has 0 radical (unpaired) electrons. The summed E-state index contributed by atoms with van der Waals surface area (Å²) >= 11 is 17.7. The van der Waals surface area contributed by atoms with Crippen molar-refractivity contribution >= 4 is 34.8 Å². The van der Waals surface area contributed by atoms with E-state index in [1.165, 1.54) is 12.1 Å². The van der Waals surface area contributed by atoms with Crippen LogP contribution in [0.1, 0.15) is 5.56 Å². The molecule has 0 amide bonds. The molecule has 0 aliphatic rings. The van der Waals surface area contributed by atoms with Gasteiger partial charge in [0.1, 0.15) is 5.75 Å². The average molecular weight is 392 g/mol. The summed E-state index contributed by atoms with van der Waals surface area (Å²) in [5.74, 6) is -0.501. The average Bonchev–Trinajstić information content (AvgIpc) is 2.43. The topological polar surface area (TPSA) is 9.23 Å². The number of halogens is 8. The maximum Gasteiger partial charge on any atom is 0.416 e. The van der Waals surface area contributed by atoms with Gasteiger partial charge in [-0.1, -0.05) is 34.8 Å². The molecule has 2 aromatic rings. The van der Waals surface area contributed by atoms with Gasteiger partial charge in [0.2, 0.25) is 0 Å². The lowest BCUT2D eigenvalue weighted by Gasteiger charge is -2.16. The van der Waals surface area contributed by atoms with E-state index in [1.807, 2.05) is 0 Å². The van der Waals surface area contributed by atoms with Gasteiger partial charge in [-0.05, 0) is 30.3 Å². The van der Waals surface area contributed by atoms with Crippen LogP contribution in [0.15, 0.2) is 30.3 Å². The second-order valence-electron chi connectivity index (χ2n) is 4.31. The van der Waals surface area contributed by atoms with E-state index < -0.39 is 24.1 Å². The van der Waals surface area contributed by atoms with Crippen molar-refractivity contribution in [2.75, 3.05) is 0 Å². The Morgan fingerprint density at radius 1 is 0.913 bits per heavy atom. The number of hydrogen-bond donors (Lipinski definition) is 0. The summed E-state index contributed by atoms with van der Waals surface area (Å²) < 4.78 is 67.9. The standard InChI is InChI=1S/C14H6Cl3F5O/c15-8-2-3-9(16)12(17)11(8)7-5-6(14(20,21)22)1-4-10(7)23-13(18)19/h1-5,13H. The Morgan fingerprint density at radius 3 is 2.09 bits per heavy atom. The van der Waals surface area contributed by atoms with E-state index in [1.54, 1.807) is 0 Å². The fraction of sp³-hybridized carbons (Fsp3) is 0.143. The fourth-order valence-electron chi connectivity index (χ4n) is 1.87. The first-order valence-electron chi connectivity index (χ1n) is 5.91. The zero-order valence-electron chi connectivity index (χ0n) is 10.9. The Kier molecular flexibility index (Phi) is 5.28. The first-order chi connectivity index (χ1) is 10.6. The Hall–Kier alpha value is -1.24. The van der Waals surface area contributed by atoms with Gasteiger partial charge in [0, 0.05) is 11.1 Å². The van der Waals surface area contributed by atoms with Crippen molar-refractivity contribution in [2.24, 2.45) is 0 Å². The van der Waals surface area contributed by atoms with Gasteiger partial charge in [-0.3, -0.25) is 0 Å². The Labute approximate surface area is 142 Å². The summed E-state index contributed by atoms with van der Waals surface area (Å²) in [6.07, 6.45) is -4.68. The molecule has 0 saturated carbocycles. The van der Waals surface area contributed by atoms with Gasteiger partial charge in [0.15, 0.2) is 0 Å². The molecular weight excluding hydrogens is 386 g/mol. The minimum absolute atomic E-state index is 0.00600. The highest BCUT2D eigenvalue weighted by molar-refractivity contribution is 6.46. The predicted octanol–water partition coefficient (Wildman–Crippen LogP) is 6.93. The quantitative estimate of drug-likeness (QED) is 0.407. The second kappa shape index (κ2) is 6.71. The Bertz CT molecular complexity index is 731. The predicted molar refractivity (Wildman–Crippen MR) is 78.5 cm³/mol. The molecule has 0 bridgehead atoms. The van der Waals surface area contributed by atoms with E-state index in [9.17, 15) is 22.0 Å². The van der Waals surface area contributed by atoms with Crippen LogP contribution in [-0.4, -0.2) is 6.61 Å². The lowest BCUT2D eigenvalue weighted by Crippen LogP contribution is -2.08. The Balaban J connectivity index is 2.74. The smallest absolute Gasteiger partial charge is 0.416 e. The number of rotatable bonds is 3. The van der Waals surface area contributed by atoms with Crippen molar-refractivity contribution in [3.8, 4) is 16.9 Å². The largest absolute Gasteiger partial charge is 0.434 e. The van der Waals surface area contributed by atoms with Gasteiger partial charge in [0.05, 0.1) is 20.6 Å². The molecule has 0 fully saturated rings. The van der Waals surface area contributed by atoms with Gasteiger partial charge in [-0.15, -0.1) is 0 Å². The molecule has 124 valence electrons. The highest BCUT2D eigenvalue weighted by Crippen LogP contribution is 2.45. The monoisotopic (exact) mass is 390 g/mol. The van der Waals surface area contributed by atoms with Crippen LogP contribution in [0.25, 0.3) is 11.1 Å². The van der Waals surface area contributed by atoms with E-state index >= 15 is 0 Å². The molecule has 0 spiro atoms. The zero-order chi connectivity index (χ0) is 17.4. The fourth-order valence-corrected chi connectivity index (χ4v) is 2.61. The molecule has 0 aliphatic carbocycles. The molecule has 9 heteroatoms. The van der Waals surface area contributed by atoms with Crippen molar-refractivity contribution in [3.63, 3.8) is 0 Å². The molecule has 23 heavy (non-hydrogen) atoms. The minimum atomic E-state index is -4.68. The summed E-state index contributed by atoms with van der Waals surface area (Å²) in [6, 6.07) is 4.64. The van der Waals surface area contributed by atoms with Crippen molar-refractivity contribution in [3.05, 3.63) is 51.0 Å². The van der Waals surface area contributed by atoms with E-state index in [-0.39, 0.29) is 26.2 Å². The van der Waals surface area contributed by atoms with E-state index in [2.05, 4.69) is 4.74 Å². The number of benzene rings is 2. The molecule has 1 nitrogen and oxygen atoms in total. The molecular formula is C14H6Cl3F5O. The second-order valence-corrected chi connectivity index (χ2v) is 5.50. The maximum absolute atomic E-state index is 12.9. The summed E-state index contributed by atoms with van der Waals surface area (Å²) in [7, 11) is 0. The highest BCUT2D eigenvalue weighted by Gasteiger charge is 2.32. The van der Waals surface area contributed by atoms with Crippen LogP contribution >= 0.6 is 34.8 Å². The van der Waals surface area contributed by atoms with Crippen molar-refractivity contribution < 1.29 is 26.7 Å². The molecule has 0 N–H and O–H groups in total. The van der Waals surface area contributed by atoms with E-state index in [0.29, 0.717) is 12.1 Å². The van der Waals surface area contributed by atoms with Crippen LogP contribution in [0.2, 0.25) is 15.1 Å². The maximum atomic E-state index is 12.9. The van der Waals surface area contributed by atoms with Gasteiger partial charge >= 0.3 is 12.8 Å². The molecule has 0 aromatic heterocycles. The third kappa shape index (κ3) is 4.00. The van der Waals surface area contributed by atoms with E-state index in [0.717, 1.165) is 6.07 Å². The lowest BCUT2D eigenvalue weighted by molar-refractivity contribution is -0.137.